The first-order valence-electron chi connectivity index (χ1n) is 5.53. The van der Waals surface area contributed by atoms with Crippen LogP contribution in [0.2, 0.25) is 0 Å². The molecule has 0 aliphatic carbocycles. The molecule has 84 valence electrons. The molecule has 0 spiro atoms. The summed E-state index contributed by atoms with van der Waals surface area (Å²) in [4.78, 5) is 8.36. The number of aromatic nitrogens is 3. The minimum absolute atomic E-state index is 0.820. The molecule has 0 aromatic carbocycles. The smallest absolute Gasteiger partial charge is 0.125 e. The Labute approximate surface area is 95.4 Å². The zero-order valence-corrected chi connectivity index (χ0v) is 9.43. The topological polar surface area (TPSA) is 42.7 Å². The third-order valence-corrected chi connectivity index (χ3v) is 2.31. The third kappa shape index (κ3) is 2.82. The summed E-state index contributed by atoms with van der Waals surface area (Å²) < 4.78 is 2.02. The van der Waals surface area contributed by atoms with Crippen molar-refractivity contribution in [2.24, 2.45) is 0 Å². The molecule has 4 heteroatoms. The fourth-order valence-corrected chi connectivity index (χ4v) is 1.47. The molecule has 2 heterocycles. The zero-order chi connectivity index (χ0) is 11.2. The predicted octanol–water partition coefficient (Wildman–Crippen LogP) is 2.15. The van der Waals surface area contributed by atoms with Crippen molar-refractivity contribution in [1.82, 2.24) is 14.5 Å². The lowest BCUT2D eigenvalue weighted by atomic mass is 10.3. The van der Waals surface area contributed by atoms with Crippen LogP contribution in [-0.2, 0) is 6.54 Å². The summed E-state index contributed by atoms with van der Waals surface area (Å²) in [6, 6.07) is 4.10. The molecule has 0 radical (unpaired) electrons. The van der Waals surface area contributed by atoms with E-state index in [0.29, 0.717) is 0 Å². The monoisotopic (exact) mass is 216 g/mol. The fourth-order valence-electron chi connectivity index (χ4n) is 1.47. The maximum Gasteiger partial charge on any atom is 0.125 e. The molecule has 0 unspecified atom stereocenters. The number of pyridine rings is 1. The van der Waals surface area contributed by atoms with Crippen LogP contribution in [0.5, 0.6) is 0 Å². The average Bonchev–Trinajstić information content (AvgIpc) is 2.81. The molecule has 2 aromatic rings. The Balaban J connectivity index is 1.96. The van der Waals surface area contributed by atoms with E-state index in [-0.39, 0.29) is 0 Å². The Hall–Kier alpha value is -1.84. The molecular formula is C12H16N4. The Bertz CT molecular complexity index is 405. The minimum atomic E-state index is 0.820. The van der Waals surface area contributed by atoms with Crippen molar-refractivity contribution in [2.75, 3.05) is 11.9 Å². The van der Waals surface area contributed by atoms with Crippen LogP contribution in [0.25, 0.3) is 0 Å². The highest BCUT2D eigenvalue weighted by Gasteiger charge is 1.96. The number of nitrogens with one attached hydrogen (secondary N) is 1. The molecule has 2 aromatic heterocycles. The first kappa shape index (κ1) is 10.7. The summed E-state index contributed by atoms with van der Waals surface area (Å²) in [7, 11) is 0. The zero-order valence-electron chi connectivity index (χ0n) is 9.43. The summed E-state index contributed by atoms with van der Waals surface area (Å²) in [6.07, 6.45) is 8.55. The summed E-state index contributed by atoms with van der Waals surface area (Å²) in [5, 5.41) is 3.25. The van der Waals surface area contributed by atoms with E-state index < -0.39 is 0 Å². The first-order chi connectivity index (χ1) is 7.88. The lowest BCUT2D eigenvalue weighted by Crippen LogP contribution is -2.03. The Morgan fingerprint density at radius 3 is 2.94 bits per heavy atom. The van der Waals surface area contributed by atoms with E-state index >= 15 is 0 Å². The van der Waals surface area contributed by atoms with Crippen LogP contribution in [0.15, 0.2) is 37.1 Å². The summed E-state index contributed by atoms with van der Waals surface area (Å²) in [6.45, 7) is 3.93. The van der Waals surface area contributed by atoms with Crippen LogP contribution < -0.4 is 5.32 Å². The van der Waals surface area contributed by atoms with Gasteiger partial charge in [-0.05, 0) is 18.1 Å². The molecule has 0 aliphatic heterocycles. The van der Waals surface area contributed by atoms with Crippen LogP contribution >= 0.6 is 0 Å². The Kier molecular flexibility index (Phi) is 3.53. The van der Waals surface area contributed by atoms with E-state index in [9.17, 15) is 0 Å². The highest BCUT2D eigenvalue weighted by atomic mass is 15.0. The van der Waals surface area contributed by atoms with Crippen LogP contribution in [0, 0.1) is 0 Å². The van der Waals surface area contributed by atoms with Crippen LogP contribution in [0.3, 0.4) is 0 Å². The van der Waals surface area contributed by atoms with Crippen molar-refractivity contribution in [3.8, 4) is 0 Å². The van der Waals surface area contributed by atoms with Gasteiger partial charge in [0.1, 0.15) is 5.82 Å². The normalized spacial score (nSPS) is 10.3. The van der Waals surface area contributed by atoms with E-state index in [1.807, 2.05) is 29.4 Å². The van der Waals surface area contributed by atoms with Gasteiger partial charge in [-0.1, -0.05) is 13.0 Å². The molecule has 0 aliphatic rings. The second-order valence-corrected chi connectivity index (χ2v) is 3.71. The second kappa shape index (κ2) is 5.30. The fraction of sp³-hybridized carbons (Fsp3) is 0.333. The molecule has 1 N–H and O–H groups in total. The van der Waals surface area contributed by atoms with Gasteiger partial charge in [0, 0.05) is 31.7 Å². The molecule has 16 heavy (non-hydrogen) atoms. The lowest BCUT2D eigenvalue weighted by molar-refractivity contribution is 0.793. The van der Waals surface area contributed by atoms with E-state index in [4.69, 9.17) is 0 Å². The maximum atomic E-state index is 4.35. The van der Waals surface area contributed by atoms with Gasteiger partial charge in [-0.15, -0.1) is 0 Å². The SMILES string of the molecule is CCCNc1ccc(Cn2ccnc2)cn1. The van der Waals surface area contributed by atoms with Crippen molar-refractivity contribution < 1.29 is 0 Å². The molecule has 0 bridgehead atoms. The van der Waals surface area contributed by atoms with E-state index in [0.717, 1.165) is 25.3 Å². The number of hydrogen-bond acceptors (Lipinski definition) is 3. The summed E-state index contributed by atoms with van der Waals surface area (Å²) >= 11 is 0. The van der Waals surface area contributed by atoms with Gasteiger partial charge in [-0.2, -0.15) is 0 Å². The number of rotatable bonds is 5. The predicted molar refractivity (Wildman–Crippen MR) is 64.3 cm³/mol. The number of hydrogen-bond donors (Lipinski definition) is 1. The number of anilines is 1. The first-order valence-corrected chi connectivity index (χ1v) is 5.53. The summed E-state index contributed by atoms with van der Waals surface area (Å²) in [5.74, 6) is 0.941. The number of imidazole rings is 1. The minimum Gasteiger partial charge on any atom is -0.370 e. The Morgan fingerprint density at radius 2 is 2.31 bits per heavy atom. The average molecular weight is 216 g/mol. The van der Waals surface area contributed by atoms with Crippen molar-refractivity contribution in [2.45, 2.75) is 19.9 Å². The third-order valence-electron chi connectivity index (χ3n) is 2.31. The quantitative estimate of drug-likeness (QED) is 0.832. The molecule has 0 saturated heterocycles. The van der Waals surface area contributed by atoms with Crippen LogP contribution in [-0.4, -0.2) is 21.1 Å². The standard InChI is InChI=1S/C12H16N4/c1-2-5-14-12-4-3-11(8-15-12)9-16-7-6-13-10-16/h3-4,6-8,10H,2,5,9H2,1H3,(H,14,15). The van der Waals surface area contributed by atoms with E-state index in [1.54, 1.807) is 6.20 Å². The molecule has 0 amide bonds. The van der Waals surface area contributed by atoms with Gasteiger partial charge >= 0.3 is 0 Å². The highest BCUT2D eigenvalue weighted by molar-refractivity contribution is 5.35. The van der Waals surface area contributed by atoms with Gasteiger partial charge in [0.25, 0.3) is 0 Å². The second-order valence-electron chi connectivity index (χ2n) is 3.71. The maximum absolute atomic E-state index is 4.35. The largest absolute Gasteiger partial charge is 0.370 e. The van der Waals surface area contributed by atoms with Crippen molar-refractivity contribution in [1.29, 1.82) is 0 Å². The number of nitrogens with zero attached hydrogens (tertiary/aromatic N) is 3. The van der Waals surface area contributed by atoms with Crippen molar-refractivity contribution in [3.05, 3.63) is 42.6 Å². The van der Waals surface area contributed by atoms with E-state index in [1.165, 1.54) is 5.56 Å². The van der Waals surface area contributed by atoms with Crippen LogP contribution in [0.1, 0.15) is 18.9 Å². The highest BCUT2D eigenvalue weighted by Crippen LogP contribution is 2.06. The Morgan fingerprint density at radius 1 is 1.38 bits per heavy atom. The molecular weight excluding hydrogens is 200 g/mol. The van der Waals surface area contributed by atoms with Gasteiger partial charge in [-0.25, -0.2) is 9.97 Å². The molecule has 0 atom stereocenters. The van der Waals surface area contributed by atoms with Crippen LogP contribution in [0.4, 0.5) is 5.82 Å². The van der Waals surface area contributed by atoms with Gasteiger partial charge in [0.15, 0.2) is 0 Å². The molecule has 4 nitrogen and oxygen atoms in total. The van der Waals surface area contributed by atoms with Gasteiger partial charge in [-0.3, -0.25) is 0 Å². The molecule has 2 rings (SSSR count). The summed E-state index contributed by atoms with van der Waals surface area (Å²) in [5.41, 5.74) is 1.18. The van der Waals surface area contributed by atoms with E-state index in [2.05, 4.69) is 28.3 Å². The van der Waals surface area contributed by atoms with Crippen molar-refractivity contribution in [3.63, 3.8) is 0 Å². The van der Waals surface area contributed by atoms with Gasteiger partial charge in [0.05, 0.1) is 6.33 Å². The lowest BCUT2D eigenvalue weighted by Gasteiger charge is -2.05. The molecule has 0 saturated carbocycles. The van der Waals surface area contributed by atoms with Gasteiger partial charge < -0.3 is 9.88 Å². The molecule has 0 fully saturated rings. The van der Waals surface area contributed by atoms with Gasteiger partial charge in [0.2, 0.25) is 0 Å². The van der Waals surface area contributed by atoms with Crippen molar-refractivity contribution >= 4 is 5.82 Å².